The van der Waals surface area contributed by atoms with Crippen molar-refractivity contribution >= 4 is 23.5 Å². The van der Waals surface area contributed by atoms with Gasteiger partial charge in [0.1, 0.15) is 0 Å². The number of nitro benzene ring substituents is 2. The van der Waals surface area contributed by atoms with Crippen LogP contribution in [-0.2, 0) is 0 Å². The quantitative estimate of drug-likeness (QED) is 0.574. The maximum absolute atomic E-state index is 11.1. The molecule has 0 bridgehead atoms. The fourth-order valence-corrected chi connectivity index (χ4v) is 1.90. The predicted octanol–water partition coefficient (Wildman–Crippen LogP) is 4.58. The SMILES string of the molecule is C=Cc1ccc(Oc2ccc(C=C)cc2[N+](=O)[O-])c([N+](=O)[O-])c1. The van der Waals surface area contributed by atoms with Gasteiger partial charge in [0.05, 0.1) is 9.85 Å². The molecule has 0 saturated carbocycles. The summed E-state index contributed by atoms with van der Waals surface area (Å²) >= 11 is 0. The molecule has 0 amide bonds. The van der Waals surface area contributed by atoms with Crippen molar-refractivity contribution < 1.29 is 14.6 Å². The maximum Gasteiger partial charge on any atom is 0.312 e. The highest BCUT2D eigenvalue weighted by molar-refractivity contribution is 5.62. The summed E-state index contributed by atoms with van der Waals surface area (Å²) in [7, 11) is 0. The Kier molecular flexibility index (Phi) is 4.51. The van der Waals surface area contributed by atoms with Crippen LogP contribution in [0.15, 0.2) is 49.6 Å². The average Bonchev–Trinajstić information content (AvgIpc) is 2.55. The van der Waals surface area contributed by atoms with E-state index in [0.29, 0.717) is 11.1 Å². The van der Waals surface area contributed by atoms with E-state index in [1.165, 1.54) is 36.4 Å². The Morgan fingerprint density at radius 3 is 1.52 bits per heavy atom. The first-order chi connectivity index (χ1) is 11.0. The lowest BCUT2D eigenvalue weighted by molar-refractivity contribution is -0.387. The van der Waals surface area contributed by atoms with Gasteiger partial charge in [-0.25, -0.2) is 0 Å². The molecule has 2 rings (SSSR count). The molecule has 2 aromatic carbocycles. The van der Waals surface area contributed by atoms with E-state index in [9.17, 15) is 20.2 Å². The van der Waals surface area contributed by atoms with Crippen molar-refractivity contribution in [2.45, 2.75) is 0 Å². The van der Waals surface area contributed by atoms with E-state index >= 15 is 0 Å². The van der Waals surface area contributed by atoms with Gasteiger partial charge >= 0.3 is 11.4 Å². The lowest BCUT2D eigenvalue weighted by atomic mass is 10.1. The van der Waals surface area contributed by atoms with Crippen molar-refractivity contribution in [3.63, 3.8) is 0 Å². The zero-order valence-corrected chi connectivity index (χ0v) is 12.0. The summed E-state index contributed by atoms with van der Waals surface area (Å²) in [5.74, 6) is -0.176. The summed E-state index contributed by atoms with van der Waals surface area (Å²) in [6, 6.07) is 8.46. The molecular formula is C16H12N2O5. The topological polar surface area (TPSA) is 95.5 Å². The molecule has 0 radical (unpaired) electrons. The molecule has 0 N–H and O–H groups in total. The fourth-order valence-electron chi connectivity index (χ4n) is 1.90. The Hall–Kier alpha value is -3.48. The Labute approximate surface area is 131 Å². The molecule has 0 atom stereocenters. The van der Waals surface area contributed by atoms with Crippen LogP contribution in [0.25, 0.3) is 12.2 Å². The molecule has 0 spiro atoms. The first kappa shape index (κ1) is 15.9. The summed E-state index contributed by atoms with van der Waals surface area (Å²) in [6.45, 7) is 7.08. The third kappa shape index (κ3) is 3.41. The highest BCUT2D eigenvalue weighted by Crippen LogP contribution is 2.37. The second kappa shape index (κ2) is 6.52. The van der Waals surface area contributed by atoms with E-state index in [0.717, 1.165) is 0 Å². The van der Waals surface area contributed by atoms with Crippen molar-refractivity contribution in [3.8, 4) is 11.5 Å². The zero-order valence-electron chi connectivity index (χ0n) is 12.0. The molecule has 0 aliphatic carbocycles. The van der Waals surface area contributed by atoms with Gasteiger partial charge in [0.25, 0.3) is 0 Å². The third-order valence-corrected chi connectivity index (χ3v) is 3.05. The number of benzene rings is 2. The van der Waals surface area contributed by atoms with Crippen LogP contribution in [0.2, 0.25) is 0 Å². The van der Waals surface area contributed by atoms with Crippen LogP contribution >= 0.6 is 0 Å². The Balaban J connectivity index is 2.51. The van der Waals surface area contributed by atoms with Crippen LogP contribution in [0.5, 0.6) is 11.5 Å². The second-order valence-corrected chi connectivity index (χ2v) is 4.48. The van der Waals surface area contributed by atoms with Crippen molar-refractivity contribution in [2.24, 2.45) is 0 Å². The van der Waals surface area contributed by atoms with Gasteiger partial charge in [-0.3, -0.25) is 20.2 Å². The van der Waals surface area contributed by atoms with Gasteiger partial charge in [-0.15, -0.1) is 0 Å². The van der Waals surface area contributed by atoms with E-state index in [1.54, 1.807) is 12.1 Å². The van der Waals surface area contributed by atoms with Crippen molar-refractivity contribution in [2.75, 3.05) is 0 Å². The van der Waals surface area contributed by atoms with Crippen molar-refractivity contribution in [1.29, 1.82) is 0 Å². The molecule has 7 nitrogen and oxygen atoms in total. The summed E-state index contributed by atoms with van der Waals surface area (Å²) < 4.78 is 5.41. The number of nitro groups is 2. The van der Waals surface area contributed by atoms with Crippen molar-refractivity contribution in [1.82, 2.24) is 0 Å². The van der Waals surface area contributed by atoms with Crippen LogP contribution < -0.4 is 4.74 Å². The lowest BCUT2D eigenvalue weighted by Gasteiger charge is -2.08. The molecule has 0 unspecified atom stereocenters. The van der Waals surface area contributed by atoms with E-state index < -0.39 is 9.85 Å². The van der Waals surface area contributed by atoms with Crippen LogP contribution in [0.4, 0.5) is 11.4 Å². The average molecular weight is 312 g/mol. The van der Waals surface area contributed by atoms with Gasteiger partial charge in [0, 0.05) is 12.1 Å². The Bertz CT molecular complexity index is 747. The minimum atomic E-state index is -0.619. The first-order valence-electron chi connectivity index (χ1n) is 6.46. The van der Waals surface area contributed by atoms with Gasteiger partial charge in [-0.1, -0.05) is 37.4 Å². The van der Waals surface area contributed by atoms with Crippen LogP contribution in [0, 0.1) is 20.2 Å². The summed E-state index contributed by atoms with van der Waals surface area (Å²) in [5, 5.41) is 22.3. The minimum Gasteiger partial charge on any atom is -0.443 e. The molecular weight excluding hydrogens is 300 g/mol. The molecule has 0 fully saturated rings. The van der Waals surface area contributed by atoms with Gasteiger partial charge in [-0.2, -0.15) is 0 Å². The zero-order chi connectivity index (χ0) is 17.0. The third-order valence-electron chi connectivity index (χ3n) is 3.05. The van der Waals surface area contributed by atoms with Crippen LogP contribution in [0.1, 0.15) is 11.1 Å². The first-order valence-corrected chi connectivity index (χ1v) is 6.46. The molecule has 0 aromatic heterocycles. The number of ether oxygens (including phenoxy) is 1. The predicted molar refractivity (Wildman–Crippen MR) is 86.4 cm³/mol. The maximum atomic E-state index is 11.1. The monoisotopic (exact) mass is 312 g/mol. The summed E-state index contributed by atoms with van der Waals surface area (Å²) in [4.78, 5) is 21.0. The van der Waals surface area contributed by atoms with Crippen molar-refractivity contribution in [3.05, 3.63) is 80.9 Å². The molecule has 0 heterocycles. The number of hydrogen-bond acceptors (Lipinski definition) is 5. The summed E-state index contributed by atoms with van der Waals surface area (Å²) in [6.07, 6.45) is 2.91. The molecule has 23 heavy (non-hydrogen) atoms. The smallest absolute Gasteiger partial charge is 0.312 e. The van der Waals surface area contributed by atoms with Crippen LogP contribution in [0.3, 0.4) is 0 Å². The van der Waals surface area contributed by atoms with E-state index in [-0.39, 0.29) is 22.9 Å². The molecule has 0 aliphatic heterocycles. The van der Waals surface area contributed by atoms with E-state index in [4.69, 9.17) is 4.74 Å². The molecule has 116 valence electrons. The number of hydrogen-bond donors (Lipinski definition) is 0. The molecule has 7 heteroatoms. The molecule has 0 saturated heterocycles. The van der Waals surface area contributed by atoms with Gasteiger partial charge in [0.15, 0.2) is 0 Å². The van der Waals surface area contributed by atoms with Crippen LogP contribution in [-0.4, -0.2) is 9.85 Å². The Morgan fingerprint density at radius 1 is 0.826 bits per heavy atom. The summed E-state index contributed by atoms with van der Waals surface area (Å²) in [5.41, 5.74) is 0.482. The van der Waals surface area contributed by atoms with Gasteiger partial charge < -0.3 is 4.74 Å². The van der Waals surface area contributed by atoms with Gasteiger partial charge in [0.2, 0.25) is 11.5 Å². The number of nitrogens with zero attached hydrogens (tertiary/aromatic N) is 2. The normalized spacial score (nSPS) is 9.91. The second-order valence-electron chi connectivity index (χ2n) is 4.48. The standard InChI is InChI=1S/C16H12N2O5/c1-3-11-5-7-15(13(9-11)17(19)20)23-16-8-6-12(4-2)10-14(16)18(21)22/h3-10H,1-2H2. The fraction of sp³-hybridized carbons (Fsp3) is 0. The number of rotatable bonds is 6. The van der Waals surface area contributed by atoms with E-state index in [2.05, 4.69) is 13.2 Å². The minimum absolute atomic E-state index is 0.0879. The Morgan fingerprint density at radius 2 is 1.22 bits per heavy atom. The highest BCUT2D eigenvalue weighted by atomic mass is 16.6. The van der Waals surface area contributed by atoms with E-state index in [1.807, 2.05) is 0 Å². The largest absolute Gasteiger partial charge is 0.443 e. The lowest BCUT2D eigenvalue weighted by Crippen LogP contribution is -1.97. The van der Waals surface area contributed by atoms with Gasteiger partial charge in [-0.05, 0) is 23.3 Å². The molecule has 0 aliphatic rings. The molecule has 2 aromatic rings. The highest BCUT2D eigenvalue weighted by Gasteiger charge is 2.21.